The van der Waals surface area contributed by atoms with Crippen LogP contribution in [-0.4, -0.2) is 38.5 Å². The quantitative estimate of drug-likeness (QED) is 0.486. The van der Waals surface area contributed by atoms with Gasteiger partial charge in [-0.3, -0.25) is 9.59 Å². The van der Waals surface area contributed by atoms with Gasteiger partial charge in [-0.2, -0.15) is 0 Å². The molecule has 0 radical (unpaired) electrons. The maximum absolute atomic E-state index is 9.64. The third-order valence-electron chi connectivity index (χ3n) is 0.553. The van der Waals surface area contributed by atoms with Gasteiger partial charge in [0.2, 0.25) is 0 Å². The molecule has 0 unspecified atom stereocenters. The van der Waals surface area contributed by atoms with Crippen LogP contribution >= 0.6 is 0 Å². The highest BCUT2D eigenvalue weighted by atomic mass is 16.6. The van der Waals surface area contributed by atoms with E-state index in [0.717, 1.165) is 0 Å². The lowest BCUT2D eigenvalue weighted by Gasteiger charge is -1.85. The Kier molecular flexibility index (Phi) is 7.84. The highest BCUT2D eigenvalue weighted by molar-refractivity contribution is 5.75. The first-order valence-electron chi connectivity index (χ1n) is 2.71. The second-order valence-electron chi connectivity index (χ2n) is 1.57. The van der Waals surface area contributed by atoms with E-state index in [4.69, 9.17) is 25.2 Å². The van der Waals surface area contributed by atoms with E-state index in [1.165, 1.54) is 0 Å². The molecule has 7 heteroatoms. The summed E-state index contributed by atoms with van der Waals surface area (Å²) in [4.78, 5) is 27.8. The fraction of sp³-hybridized carbons (Fsp3) is 0.400. The van der Waals surface area contributed by atoms with Gasteiger partial charge >= 0.3 is 18.1 Å². The number of hydrogen-bond donors (Lipinski definition) is 4. The number of carboxylic acids is 2. The number of rotatable bonds is 3. The van der Waals surface area contributed by atoms with Crippen molar-refractivity contribution in [3.63, 3.8) is 0 Å². The number of hydrogen-bond acceptors (Lipinski definition) is 3. The van der Waals surface area contributed by atoms with Crippen molar-refractivity contribution in [2.24, 2.45) is 0 Å². The van der Waals surface area contributed by atoms with E-state index in [9.17, 15) is 9.59 Å². The van der Waals surface area contributed by atoms with Crippen molar-refractivity contribution in [2.45, 2.75) is 12.8 Å². The molecule has 0 aromatic heterocycles. The maximum atomic E-state index is 9.64. The molecule has 0 atom stereocenters. The molecule has 0 aliphatic carbocycles. The van der Waals surface area contributed by atoms with Gasteiger partial charge < -0.3 is 20.4 Å². The van der Waals surface area contributed by atoms with Gasteiger partial charge in [0.15, 0.2) is 0 Å². The maximum Gasteiger partial charge on any atom is 0.503 e. The molecule has 0 aliphatic rings. The first-order valence-corrected chi connectivity index (χ1v) is 2.71. The second kappa shape index (κ2) is 7.32. The summed E-state index contributed by atoms with van der Waals surface area (Å²) in [7, 11) is 0. The van der Waals surface area contributed by atoms with E-state index >= 15 is 0 Å². The van der Waals surface area contributed by atoms with Crippen LogP contribution in [0.2, 0.25) is 0 Å². The normalized spacial score (nSPS) is 7.67. The van der Waals surface area contributed by atoms with Gasteiger partial charge in [0, 0.05) is 0 Å². The van der Waals surface area contributed by atoms with Crippen molar-refractivity contribution in [1.29, 1.82) is 0 Å². The fourth-order valence-corrected chi connectivity index (χ4v) is 0.214. The molecule has 0 spiro atoms. The van der Waals surface area contributed by atoms with E-state index in [-0.39, 0.29) is 12.8 Å². The van der Waals surface area contributed by atoms with Gasteiger partial charge in [-0.25, -0.2) is 4.79 Å². The van der Waals surface area contributed by atoms with Gasteiger partial charge in [0.1, 0.15) is 0 Å². The molecule has 0 aromatic rings. The van der Waals surface area contributed by atoms with Crippen LogP contribution in [0.25, 0.3) is 0 Å². The van der Waals surface area contributed by atoms with Crippen molar-refractivity contribution >= 4 is 18.1 Å². The van der Waals surface area contributed by atoms with Crippen molar-refractivity contribution < 1.29 is 34.8 Å². The molecule has 0 aliphatic heterocycles. The lowest BCUT2D eigenvalue weighted by Crippen LogP contribution is -2.00. The molecule has 70 valence electrons. The SMILES string of the molecule is O=C(O)CCC(=O)O.O=C(O)O. The zero-order valence-corrected chi connectivity index (χ0v) is 5.93. The smallest absolute Gasteiger partial charge is 0.481 e. The monoisotopic (exact) mass is 180 g/mol. The van der Waals surface area contributed by atoms with Crippen LogP contribution in [-0.2, 0) is 9.59 Å². The van der Waals surface area contributed by atoms with Crippen LogP contribution < -0.4 is 0 Å². The molecular formula is C5H8O7. The lowest BCUT2D eigenvalue weighted by molar-refractivity contribution is -0.143. The summed E-state index contributed by atoms with van der Waals surface area (Å²) in [6, 6.07) is 0. The second-order valence-corrected chi connectivity index (χ2v) is 1.57. The predicted octanol–water partition coefficient (Wildman–Crippen LogP) is 0.158. The molecule has 0 saturated heterocycles. The van der Waals surface area contributed by atoms with Gasteiger partial charge in [-0.05, 0) is 0 Å². The Labute approximate surface area is 66.9 Å². The van der Waals surface area contributed by atoms with E-state index in [2.05, 4.69) is 0 Å². The zero-order valence-electron chi connectivity index (χ0n) is 5.93. The Morgan fingerprint density at radius 2 is 0.917 bits per heavy atom. The summed E-state index contributed by atoms with van der Waals surface area (Å²) >= 11 is 0. The summed E-state index contributed by atoms with van der Waals surface area (Å²) < 4.78 is 0. The largest absolute Gasteiger partial charge is 0.503 e. The molecule has 4 N–H and O–H groups in total. The number of carboxylic acid groups (broad SMARTS) is 4. The van der Waals surface area contributed by atoms with Crippen molar-refractivity contribution in [3.05, 3.63) is 0 Å². The Hall–Kier alpha value is -1.79. The Morgan fingerprint density at radius 1 is 0.750 bits per heavy atom. The van der Waals surface area contributed by atoms with Gasteiger partial charge in [0.05, 0.1) is 12.8 Å². The predicted molar refractivity (Wildman–Crippen MR) is 35.2 cm³/mol. The fourth-order valence-electron chi connectivity index (χ4n) is 0.214. The summed E-state index contributed by atoms with van der Waals surface area (Å²) in [5, 5.41) is 29.7. The molecule has 0 aromatic carbocycles. The molecule has 0 amide bonds. The van der Waals surface area contributed by atoms with Crippen LogP contribution in [0, 0.1) is 0 Å². The summed E-state index contributed by atoms with van der Waals surface area (Å²) in [5.74, 6) is -2.15. The molecule has 0 rings (SSSR count). The van der Waals surface area contributed by atoms with E-state index in [0.29, 0.717) is 0 Å². The Balaban J connectivity index is 0. The van der Waals surface area contributed by atoms with Crippen LogP contribution in [0.1, 0.15) is 12.8 Å². The third kappa shape index (κ3) is 41.4. The van der Waals surface area contributed by atoms with Gasteiger partial charge in [-0.15, -0.1) is 0 Å². The summed E-state index contributed by atoms with van der Waals surface area (Å²) in [6.45, 7) is 0. The minimum absolute atomic E-state index is 0.296. The topological polar surface area (TPSA) is 132 Å². The molecule has 7 nitrogen and oxygen atoms in total. The van der Waals surface area contributed by atoms with Crippen molar-refractivity contribution in [1.82, 2.24) is 0 Å². The standard InChI is InChI=1S/C4H6O4.CH2O3/c5-3(6)1-2-4(7)8;2-1(3)4/h1-2H2,(H,5,6)(H,7,8);(H2,2,3,4). The molecule has 0 heterocycles. The third-order valence-corrected chi connectivity index (χ3v) is 0.553. The first kappa shape index (κ1) is 12.8. The summed E-state index contributed by atoms with van der Waals surface area (Å²) in [5.41, 5.74) is 0. The van der Waals surface area contributed by atoms with Crippen LogP contribution in [0.5, 0.6) is 0 Å². The van der Waals surface area contributed by atoms with Crippen LogP contribution in [0.15, 0.2) is 0 Å². The highest BCUT2D eigenvalue weighted by Gasteiger charge is 2.00. The number of carbonyl (C=O) groups is 3. The minimum atomic E-state index is -1.83. The molecule has 12 heavy (non-hydrogen) atoms. The minimum Gasteiger partial charge on any atom is -0.481 e. The average Bonchev–Trinajstić information content (AvgIpc) is 1.82. The summed E-state index contributed by atoms with van der Waals surface area (Å²) in [6.07, 6.45) is -2.43. The number of aliphatic carboxylic acids is 2. The Bertz CT molecular complexity index is 155. The van der Waals surface area contributed by atoms with Crippen molar-refractivity contribution in [3.8, 4) is 0 Å². The lowest BCUT2D eigenvalue weighted by atomic mass is 10.3. The van der Waals surface area contributed by atoms with Crippen LogP contribution in [0.3, 0.4) is 0 Å². The van der Waals surface area contributed by atoms with Crippen molar-refractivity contribution in [2.75, 3.05) is 0 Å². The van der Waals surface area contributed by atoms with E-state index in [1.54, 1.807) is 0 Å². The van der Waals surface area contributed by atoms with Crippen LogP contribution in [0.4, 0.5) is 4.79 Å². The molecule has 0 fully saturated rings. The Morgan fingerprint density at radius 3 is 1.00 bits per heavy atom. The van der Waals surface area contributed by atoms with Gasteiger partial charge in [0.25, 0.3) is 0 Å². The van der Waals surface area contributed by atoms with E-state index < -0.39 is 18.1 Å². The molecule has 0 saturated carbocycles. The average molecular weight is 180 g/mol. The zero-order chi connectivity index (χ0) is 10.1. The van der Waals surface area contributed by atoms with E-state index in [1.807, 2.05) is 0 Å². The molecule has 0 bridgehead atoms. The first-order chi connectivity index (χ1) is 5.36. The van der Waals surface area contributed by atoms with Gasteiger partial charge in [-0.1, -0.05) is 0 Å². The highest BCUT2D eigenvalue weighted by Crippen LogP contribution is 1.86. The molecular weight excluding hydrogens is 172 g/mol.